The predicted molar refractivity (Wildman–Crippen MR) is 101 cm³/mol. The first-order valence-electron chi connectivity index (χ1n) is 9.28. The van der Waals surface area contributed by atoms with Crippen LogP contribution in [0.2, 0.25) is 0 Å². The van der Waals surface area contributed by atoms with Gasteiger partial charge in [0.25, 0.3) is 0 Å². The summed E-state index contributed by atoms with van der Waals surface area (Å²) in [6, 6.07) is -0.0773. The van der Waals surface area contributed by atoms with E-state index >= 15 is 0 Å². The van der Waals surface area contributed by atoms with Crippen LogP contribution in [0, 0.1) is 10.8 Å². The molecular formula is C19H39N3O2. The summed E-state index contributed by atoms with van der Waals surface area (Å²) in [7, 11) is 0. The highest BCUT2D eigenvalue weighted by Crippen LogP contribution is 2.17. The lowest BCUT2D eigenvalue weighted by Gasteiger charge is -2.18. The van der Waals surface area contributed by atoms with Gasteiger partial charge in [-0.05, 0) is 23.7 Å². The lowest BCUT2D eigenvalue weighted by Crippen LogP contribution is -2.40. The van der Waals surface area contributed by atoms with Crippen molar-refractivity contribution in [2.24, 2.45) is 10.8 Å². The minimum atomic E-state index is -0.0773. The summed E-state index contributed by atoms with van der Waals surface area (Å²) in [4.78, 5) is 23.2. The number of carbonyl (C=O) groups excluding carboxylic acids is 2. The van der Waals surface area contributed by atoms with Crippen LogP contribution in [0.5, 0.6) is 0 Å². The quantitative estimate of drug-likeness (QED) is 0.528. The van der Waals surface area contributed by atoms with Gasteiger partial charge in [0.05, 0.1) is 0 Å². The Kier molecular flexibility index (Phi) is 10.7. The molecule has 142 valence electrons. The zero-order valence-corrected chi connectivity index (χ0v) is 16.7. The van der Waals surface area contributed by atoms with Gasteiger partial charge < -0.3 is 16.0 Å². The third-order valence-electron chi connectivity index (χ3n) is 3.43. The van der Waals surface area contributed by atoms with Crippen LogP contribution in [0.25, 0.3) is 0 Å². The van der Waals surface area contributed by atoms with Crippen LogP contribution in [0.3, 0.4) is 0 Å². The van der Waals surface area contributed by atoms with E-state index in [1.54, 1.807) is 0 Å². The molecule has 0 aromatic carbocycles. The fourth-order valence-corrected chi connectivity index (χ4v) is 2.16. The maximum atomic E-state index is 11.7. The monoisotopic (exact) mass is 341 g/mol. The lowest BCUT2D eigenvalue weighted by atomic mass is 9.92. The number of rotatable bonds is 10. The summed E-state index contributed by atoms with van der Waals surface area (Å²) >= 11 is 0. The molecule has 0 saturated carbocycles. The summed E-state index contributed by atoms with van der Waals surface area (Å²) < 4.78 is 0. The van der Waals surface area contributed by atoms with E-state index < -0.39 is 0 Å². The maximum Gasteiger partial charge on any atom is 0.314 e. The van der Waals surface area contributed by atoms with Gasteiger partial charge in [-0.25, -0.2) is 4.79 Å². The Hall–Kier alpha value is -1.26. The Morgan fingerprint density at radius 3 is 1.67 bits per heavy atom. The van der Waals surface area contributed by atoms with Gasteiger partial charge >= 0.3 is 6.03 Å². The minimum Gasteiger partial charge on any atom is -0.356 e. The molecule has 0 rings (SSSR count). The van der Waals surface area contributed by atoms with Gasteiger partial charge in [0.15, 0.2) is 0 Å². The highest BCUT2D eigenvalue weighted by atomic mass is 16.2. The first-order valence-corrected chi connectivity index (χ1v) is 9.28. The second-order valence-electron chi connectivity index (χ2n) is 9.03. The molecule has 0 aromatic rings. The molecule has 0 aliphatic carbocycles. The molecule has 0 aliphatic heterocycles. The van der Waals surface area contributed by atoms with Gasteiger partial charge in [-0.2, -0.15) is 0 Å². The SMILES string of the molecule is CC(C)(C)CNC(=O)NCCCCCCCNC(=O)CC(C)(C)C. The normalized spacial score (nSPS) is 11.9. The Bertz CT molecular complexity index is 368. The van der Waals surface area contributed by atoms with E-state index in [9.17, 15) is 9.59 Å². The molecule has 5 heteroatoms. The number of urea groups is 1. The molecule has 3 amide bonds. The number of amides is 3. The fraction of sp³-hybridized carbons (Fsp3) is 0.895. The van der Waals surface area contributed by atoms with Crippen LogP contribution >= 0.6 is 0 Å². The van der Waals surface area contributed by atoms with Crippen molar-refractivity contribution < 1.29 is 9.59 Å². The molecule has 3 N–H and O–H groups in total. The number of hydrogen-bond donors (Lipinski definition) is 3. The fourth-order valence-electron chi connectivity index (χ4n) is 2.16. The molecule has 0 radical (unpaired) electrons. The van der Waals surface area contributed by atoms with E-state index in [2.05, 4.69) is 57.5 Å². The van der Waals surface area contributed by atoms with Gasteiger partial charge in [-0.1, -0.05) is 60.8 Å². The van der Waals surface area contributed by atoms with Gasteiger partial charge in [0.2, 0.25) is 5.91 Å². The van der Waals surface area contributed by atoms with E-state index in [0.717, 1.165) is 45.2 Å². The number of nitrogens with one attached hydrogen (secondary N) is 3. The Morgan fingerprint density at radius 2 is 1.17 bits per heavy atom. The zero-order chi connectivity index (χ0) is 18.6. The molecule has 0 heterocycles. The smallest absolute Gasteiger partial charge is 0.314 e. The van der Waals surface area contributed by atoms with E-state index in [4.69, 9.17) is 0 Å². The van der Waals surface area contributed by atoms with E-state index in [1.165, 1.54) is 0 Å². The zero-order valence-electron chi connectivity index (χ0n) is 16.7. The van der Waals surface area contributed by atoms with Crippen LogP contribution in [-0.2, 0) is 4.79 Å². The number of carbonyl (C=O) groups is 2. The van der Waals surface area contributed by atoms with Crippen LogP contribution in [0.4, 0.5) is 4.79 Å². The van der Waals surface area contributed by atoms with Crippen molar-refractivity contribution in [3.8, 4) is 0 Å². The molecule has 0 aromatic heterocycles. The lowest BCUT2D eigenvalue weighted by molar-refractivity contribution is -0.122. The molecule has 0 fully saturated rings. The Morgan fingerprint density at radius 1 is 0.667 bits per heavy atom. The summed E-state index contributed by atoms with van der Waals surface area (Å²) in [5.74, 6) is 0.146. The average molecular weight is 342 g/mol. The van der Waals surface area contributed by atoms with Crippen molar-refractivity contribution in [1.82, 2.24) is 16.0 Å². The molecule has 0 spiro atoms. The Labute approximate surface area is 148 Å². The van der Waals surface area contributed by atoms with Crippen molar-refractivity contribution in [1.29, 1.82) is 0 Å². The third kappa shape index (κ3) is 17.1. The first kappa shape index (κ1) is 22.7. The number of hydrogen-bond acceptors (Lipinski definition) is 2. The molecular weight excluding hydrogens is 302 g/mol. The minimum absolute atomic E-state index is 0.0518. The van der Waals surface area contributed by atoms with E-state index in [0.29, 0.717) is 13.0 Å². The Balaban J connectivity index is 3.40. The topological polar surface area (TPSA) is 70.2 Å². The van der Waals surface area contributed by atoms with Crippen molar-refractivity contribution in [2.75, 3.05) is 19.6 Å². The van der Waals surface area contributed by atoms with Crippen LogP contribution in [-0.4, -0.2) is 31.6 Å². The third-order valence-corrected chi connectivity index (χ3v) is 3.43. The molecule has 5 nitrogen and oxygen atoms in total. The van der Waals surface area contributed by atoms with Crippen LogP contribution in [0.1, 0.15) is 80.1 Å². The first-order chi connectivity index (χ1) is 11.0. The van der Waals surface area contributed by atoms with Crippen molar-refractivity contribution in [3.63, 3.8) is 0 Å². The van der Waals surface area contributed by atoms with Gasteiger partial charge in [0, 0.05) is 26.1 Å². The molecule has 0 saturated heterocycles. The van der Waals surface area contributed by atoms with Crippen LogP contribution < -0.4 is 16.0 Å². The van der Waals surface area contributed by atoms with Gasteiger partial charge in [-0.15, -0.1) is 0 Å². The van der Waals surface area contributed by atoms with Gasteiger partial charge in [-0.3, -0.25) is 4.79 Å². The van der Waals surface area contributed by atoms with E-state index in [-0.39, 0.29) is 22.8 Å². The molecule has 24 heavy (non-hydrogen) atoms. The summed E-state index contributed by atoms with van der Waals surface area (Å²) in [6.45, 7) is 14.7. The highest BCUT2D eigenvalue weighted by molar-refractivity contribution is 5.76. The van der Waals surface area contributed by atoms with Crippen LogP contribution in [0.15, 0.2) is 0 Å². The summed E-state index contributed by atoms with van der Waals surface area (Å²) in [6.07, 6.45) is 5.96. The summed E-state index contributed by atoms with van der Waals surface area (Å²) in [5.41, 5.74) is 0.163. The maximum absolute atomic E-state index is 11.7. The van der Waals surface area contributed by atoms with E-state index in [1.807, 2.05) is 0 Å². The average Bonchev–Trinajstić information content (AvgIpc) is 2.40. The van der Waals surface area contributed by atoms with Crippen molar-refractivity contribution in [3.05, 3.63) is 0 Å². The summed E-state index contributed by atoms with van der Waals surface area (Å²) in [5, 5.41) is 8.74. The molecule has 0 bridgehead atoms. The predicted octanol–water partition coefficient (Wildman–Crippen LogP) is 3.83. The highest BCUT2D eigenvalue weighted by Gasteiger charge is 2.15. The number of unbranched alkanes of at least 4 members (excludes halogenated alkanes) is 4. The molecule has 0 unspecified atom stereocenters. The van der Waals surface area contributed by atoms with Crippen molar-refractivity contribution >= 4 is 11.9 Å². The largest absolute Gasteiger partial charge is 0.356 e. The molecule has 0 atom stereocenters. The second kappa shape index (κ2) is 11.3. The van der Waals surface area contributed by atoms with Gasteiger partial charge in [0.1, 0.15) is 0 Å². The standard InChI is InChI=1S/C19H39N3O2/c1-18(2,3)14-16(23)20-12-10-8-7-9-11-13-21-17(24)22-15-19(4,5)6/h7-15H2,1-6H3,(H,20,23)(H2,21,22,24). The second-order valence-corrected chi connectivity index (χ2v) is 9.03. The van der Waals surface area contributed by atoms with Crippen molar-refractivity contribution in [2.45, 2.75) is 80.1 Å². The molecule has 0 aliphatic rings.